The van der Waals surface area contributed by atoms with Crippen LogP contribution in [-0.2, 0) is 12.3 Å². The number of ether oxygens (including phenoxy) is 2. The molecule has 0 amide bonds. The third-order valence-corrected chi connectivity index (χ3v) is 5.23. The first-order chi connectivity index (χ1) is 14.0. The lowest BCUT2D eigenvalue weighted by Crippen LogP contribution is -2.04. The van der Waals surface area contributed by atoms with Crippen molar-refractivity contribution in [2.75, 3.05) is 7.11 Å². The number of hydrogen-bond acceptors (Lipinski definition) is 5. The van der Waals surface area contributed by atoms with Crippen LogP contribution in [0.3, 0.4) is 0 Å². The number of aromatic nitrogens is 3. The smallest absolute Gasteiger partial charge is 0.387 e. The van der Waals surface area contributed by atoms with Crippen molar-refractivity contribution in [3.63, 3.8) is 0 Å². The largest absolute Gasteiger partial charge is 0.493 e. The zero-order valence-electron chi connectivity index (χ0n) is 15.5. The molecule has 0 aliphatic rings. The van der Waals surface area contributed by atoms with Crippen molar-refractivity contribution in [2.24, 2.45) is 0 Å². The molecule has 152 valence electrons. The Hall–Kier alpha value is -2.58. The quantitative estimate of drug-likeness (QED) is 0.318. The highest BCUT2D eigenvalue weighted by atomic mass is 35.5. The van der Waals surface area contributed by atoms with E-state index in [0.717, 1.165) is 11.1 Å². The molecule has 3 aromatic rings. The molecule has 29 heavy (non-hydrogen) atoms. The van der Waals surface area contributed by atoms with Gasteiger partial charge in [0.15, 0.2) is 22.5 Å². The molecule has 9 heteroatoms. The Balaban J connectivity index is 1.80. The van der Waals surface area contributed by atoms with Crippen molar-refractivity contribution >= 4 is 23.4 Å². The lowest BCUT2D eigenvalue weighted by Gasteiger charge is -2.11. The number of nitrogens with zero attached hydrogens (tertiary/aromatic N) is 3. The molecule has 0 aliphatic carbocycles. The molecular formula is C20H18ClF2N3O2S. The third-order valence-electron chi connectivity index (χ3n) is 3.94. The Bertz CT molecular complexity index is 980. The summed E-state index contributed by atoms with van der Waals surface area (Å²) in [5.41, 5.74) is 1.76. The summed E-state index contributed by atoms with van der Waals surface area (Å²) in [7, 11) is 1.41. The second-order valence-corrected chi connectivity index (χ2v) is 7.24. The molecular weight excluding hydrogens is 420 g/mol. The number of hydrogen-bond donors (Lipinski definition) is 0. The number of benzene rings is 2. The predicted molar refractivity (Wildman–Crippen MR) is 110 cm³/mol. The molecule has 0 atom stereocenters. The van der Waals surface area contributed by atoms with Crippen molar-refractivity contribution in [3.05, 3.63) is 65.7 Å². The fourth-order valence-electron chi connectivity index (χ4n) is 2.64. The van der Waals surface area contributed by atoms with Gasteiger partial charge in [0.05, 0.1) is 7.11 Å². The van der Waals surface area contributed by atoms with Crippen molar-refractivity contribution in [1.29, 1.82) is 0 Å². The maximum Gasteiger partial charge on any atom is 0.387 e. The number of allylic oxidation sites excluding steroid dienone is 1. The highest BCUT2D eigenvalue weighted by Gasteiger charge is 2.15. The topological polar surface area (TPSA) is 49.2 Å². The van der Waals surface area contributed by atoms with Gasteiger partial charge in [-0.1, -0.05) is 35.5 Å². The fraction of sp³-hybridized carbons (Fsp3) is 0.200. The summed E-state index contributed by atoms with van der Waals surface area (Å²) in [6, 6.07) is 12.2. The molecule has 0 saturated heterocycles. The molecule has 0 fully saturated rings. The standard InChI is InChI=1S/C20H18ClF2N3O2S/c1-3-10-26-18(14-5-7-15(21)8-6-14)24-25-20(26)29-12-13-4-9-16(28-19(22)23)17(11-13)27-2/h3-9,11,19H,1,10,12H2,2H3. The van der Waals surface area contributed by atoms with Crippen LogP contribution in [-0.4, -0.2) is 28.5 Å². The fourth-order valence-corrected chi connectivity index (χ4v) is 3.66. The Kier molecular flexibility index (Phi) is 7.11. The molecule has 1 heterocycles. The van der Waals surface area contributed by atoms with Gasteiger partial charge in [0.1, 0.15) is 0 Å². The highest BCUT2D eigenvalue weighted by Crippen LogP contribution is 2.32. The molecule has 2 aromatic carbocycles. The van der Waals surface area contributed by atoms with Crippen LogP contribution in [0.1, 0.15) is 5.56 Å². The number of halogens is 3. The predicted octanol–water partition coefficient (Wildman–Crippen LogP) is 5.69. The van der Waals surface area contributed by atoms with E-state index in [1.54, 1.807) is 30.3 Å². The first kappa shape index (κ1) is 21.1. The van der Waals surface area contributed by atoms with Gasteiger partial charge < -0.3 is 9.47 Å². The van der Waals surface area contributed by atoms with E-state index in [-0.39, 0.29) is 11.5 Å². The summed E-state index contributed by atoms with van der Waals surface area (Å²) in [5, 5.41) is 9.94. The molecule has 0 aliphatic heterocycles. The minimum Gasteiger partial charge on any atom is -0.493 e. The van der Waals surface area contributed by atoms with Crippen LogP contribution < -0.4 is 9.47 Å². The van der Waals surface area contributed by atoms with Gasteiger partial charge in [0, 0.05) is 22.9 Å². The SMILES string of the molecule is C=CCn1c(SCc2ccc(OC(F)F)c(OC)c2)nnc1-c1ccc(Cl)cc1. The molecule has 0 saturated carbocycles. The van der Waals surface area contributed by atoms with Gasteiger partial charge >= 0.3 is 6.61 Å². The maximum absolute atomic E-state index is 12.5. The minimum atomic E-state index is -2.91. The van der Waals surface area contributed by atoms with Crippen molar-refractivity contribution in [1.82, 2.24) is 14.8 Å². The van der Waals surface area contributed by atoms with Crippen molar-refractivity contribution in [2.45, 2.75) is 24.1 Å². The van der Waals surface area contributed by atoms with E-state index in [2.05, 4.69) is 21.5 Å². The summed E-state index contributed by atoms with van der Waals surface area (Å²) >= 11 is 7.43. The number of methoxy groups -OCH3 is 1. The Labute approximate surface area is 176 Å². The number of alkyl halides is 2. The molecule has 0 bridgehead atoms. The lowest BCUT2D eigenvalue weighted by atomic mass is 10.2. The second kappa shape index (κ2) is 9.76. The Morgan fingerprint density at radius 1 is 1.17 bits per heavy atom. The number of thioether (sulfide) groups is 1. The second-order valence-electron chi connectivity index (χ2n) is 5.86. The third kappa shape index (κ3) is 5.27. The first-order valence-electron chi connectivity index (χ1n) is 8.56. The summed E-state index contributed by atoms with van der Waals surface area (Å²) in [5.74, 6) is 1.50. The normalized spacial score (nSPS) is 10.9. The highest BCUT2D eigenvalue weighted by molar-refractivity contribution is 7.98. The van der Waals surface area contributed by atoms with E-state index >= 15 is 0 Å². The van der Waals surface area contributed by atoms with Crippen LogP contribution in [0.2, 0.25) is 5.02 Å². The van der Waals surface area contributed by atoms with Gasteiger partial charge in [-0.2, -0.15) is 8.78 Å². The zero-order valence-corrected chi connectivity index (χ0v) is 17.1. The van der Waals surface area contributed by atoms with E-state index in [0.29, 0.717) is 28.3 Å². The van der Waals surface area contributed by atoms with E-state index in [4.69, 9.17) is 16.3 Å². The molecule has 3 rings (SSSR count). The van der Waals surface area contributed by atoms with Gasteiger partial charge in [-0.15, -0.1) is 16.8 Å². The van der Waals surface area contributed by atoms with Crippen LogP contribution in [0.25, 0.3) is 11.4 Å². The van der Waals surface area contributed by atoms with Gasteiger partial charge in [0.2, 0.25) is 0 Å². The van der Waals surface area contributed by atoms with Crippen LogP contribution in [0.4, 0.5) is 8.78 Å². The average molecular weight is 438 g/mol. The summed E-state index contributed by atoms with van der Waals surface area (Å²) in [4.78, 5) is 0. The van der Waals surface area contributed by atoms with Crippen LogP contribution in [0.5, 0.6) is 11.5 Å². The van der Waals surface area contributed by atoms with E-state index in [1.807, 2.05) is 16.7 Å². The molecule has 5 nitrogen and oxygen atoms in total. The van der Waals surface area contributed by atoms with Crippen LogP contribution >= 0.6 is 23.4 Å². The summed E-state index contributed by atoms with van der Waals surface area (Å²) in [6.07, 6.45) is 1.77. The van der Waals surface area contributed by atoms with Crippen LogP contribution in [0, 0.1) is 0 Å². The molecule has 0 N–H and O–H groups in total. The molecule has 1 aromatic heterocycles. The van der Waals surface area contributed by atoms with Gasteiger partial charge in [-0.05, 0) is 42.0 Å². The summed E-state index contributed by atoms with van der Waals surface area (Å²) in [6.45, 7) is 1.43. The first-order valence-corrected chi connectivity index (χ1v) is 9.92. The summed E-state index contributed by atoms with van der Waals surface area (Å²) < 4.78 is 36.5. The monoisotopic (exact) mass is 437 g/mol. The minimum absolute atomic E-state index is 0.00361. The van der Waals surface area contributed by atoms with Gasteiger partial charge in [-0.25, -0.2) is 0 Å². The van der Waals surface area contributed by atoms with Crippen LogP contribution in [0.15, 0.2) is 60.3 Å². The lowest BCUT2D eigenvalue weighted by molar-refractivity contribution is -0.0512. The zero-order chi connectivity index (χ0) is 20.8. The maximum atomic E-state index is 12.5. The number of rotatable bonds is 9. The molecule has 0 unspecified atom stereocenters. The van der Waals surface area contributed by atoms with E-state index in [9.17, 15) is 8.78 Å². The van der Waals surface area contributed by atoms with E-state index < -0.39 is 6.61 Å². The van der Waals surface area contributed by atoms with E-state index in [1.165, 1.54) is 24.9 Å². The molecule has 0 spiro atoms. The average Bonchev–Trinajstić information content (AvgIpc) is 3.10. The van der Waals surface area contributed by atoms with Crippen molar-refractivity contribution < 1.29 is 18.3 Å². The van der Waals surface area contributed by atoms with Crippen molar-refractivity contribution in [3.8, 4) is 22.9 Å². The van der Waals surface area contributed by atoms with Gasteiger partial charge in [0.25, 0.3) is 0 Å². The Morgan fingerprint density at radius 2 is 1.93 bits per heavy atom. The Morgan fingerprint density at radius 3 is 2.59 bits per heavy atom. The molecule has 0 radical (unpaired) electrons. The van der Waals surface area contributed by atoms with Gasteiger partial charge in [-0.3, -0.25) is 4.57 Å².